The van der Waals surface area contributed by atoms with Crippen molar-refractivity contribution in [2.45, 2.75) is 39.7 Å². The van der Waals surface area contributed by atoms with E-state index in [0.717, 1.165) is 0 Å². The number of hydrogen-bond donors (Lipinski definition) is 0. The monoisotopic (exact) mass is 332 g/mol. The van der Waals surface area contributed by atoms with Crippen LogP contribution in [-0.4, -0.2) is 60.0 Å². The lowest BCUT2D eigenvalue weighted by molar-refractivity contribution is -0.0193. The zero-order valence-electron chi connectivity index (χ0n) is 13.5. The molecule has 0 aromatic carbocycles. The van der Waals surface area contributed by atoms with Gasteiger partial charge in [0.1, 0.15) is 6.10 Å². The van der Waals surface area contributed by atoms with Gasteiger partial charge in [-0.2, -0.15) is 17.0 Å². The van der Waals surface area contributed by atoms with Gasteiger partial charge in [-0.15, -0.1) is 10.2 Å². The van der Waals surface area contributed by atoms with E-state index in [1.165, 1.54) is 8.61 Å². The molecule has 0 bridgehead atoms. The molecule has 0 amide bonds. The van der Waals surface area contributed by atoms with Crippen molar-refractivity contribution in [2.24, 2.45) is 0 Å². The Morgan fingerprint density at radius 3 is 2.55 bits per heavy atom. The van der Waals surface area contributed by atoms with Crippen LogP contribution >= 0.6 is 0 Å². The quantitative estimate of drug-likeness (QED) is 0.776. The van der Waals surface area contributed by atoms with Crippen LogP contribution in [0.15, 0.2) is 4.42 Å². The Hall–Kier alpha value is -1.03. The minimum absolute atomic E-state index is 0.125. The summed E-state index contributed by atoms with van der Waals surface area (Å²) in [6, 6.07) is 0. The molecule has 126 valence electrons. The van der Waals surface area contributed by atoms with Crippen LogP contribution in [0, 0.1) is 0 Å². The van der Waals surface area contributed by atoms with E-state index in [1.54, 1.807) is 0 Å². The molecule has 1 aromatic heterocycles. The Morgan fingerprint density at radius 2 is 2.00 bits per heavy atom. The number of rotatable bonds is 6. The molecule has 0 saturated carbocycles. The highest BCUT2D eigenvalue weighted by Gasteiger charge is 2.35. The Kier molecular flexibility index (Phi) is 5.54. The van der Waals surface area contributed by atoms with Crippen molar-refractivity contribution in [3.63, 3.8) is 0 Å². The first-order chi connectivity index (χ1) is 10.4. The van der Waals surface area contributed by atoms with Gasteiger partial charge in [-0.05, 0) is 0 Å². The first kappa shape index (κ1) is 17.3. The maximum Gasteiger partial charge on any atom is 0.282 e. The highest BCUT2D eigenvalue weighted by Crippen LogP contribution is 2.25. The summed E-state index contributed by atoms with van der Waals surface area (Å²) in [7, 11) is -3.48. The van der Waals surface area contributed by atoms with Crippen LogP contribution in [0.3, 0.4) is 0 Å². The molecule has 22 heavy (non-hydrogen) atoms. The second-order valence-electron chi connectivity index (χ2n) is 5.44. The van der Waals surface area contributed by atoms with Crippen LogP contribution in [-0.2, 0) is 14.9 Å². The van der Waals surface area contributed by atoms with E-state index in [1.807, 2.05) is 27.7 Å². The van der Waals surface area contributed by atoms with Crippen LogP contribution in [0.1, 0.15) is 51.5 Å². The fourth-order valence-corrected chi connectivity index (χ4v) is 3.92. The van der Waals surface area contributed by atoms with Gasteiger partial charge in [0.25, 0.3) is 10.2 Å². The van der Waals surface area contributed by atoms with Crippen LogP contribution in [0.4, 0.5) is 0 Å². The summed E-state index contributed by atoms with van der Waals surface area (Å²) in [5.74, 6) is 0.992. The van der Waals surface area contributed by atoms with E-state index in [-0.39, 0.29) is 12.5 Å². The van der Waals surface area contributed by atoms with Gasteiger partial charge in [0.15, 0.2) is 0 Å². The summed E-state index contributed by atoms with van der Waals surface area (Å²) in [5.41, 5.74) is 0. The van der Waals surface area contributed by atoms with E-state index >= 15 is 0 Å². The van der Waals surface area contributed by atoms with Crippen molar-refractivity contribution >= 4 is 10.2 Å². The molecule has 1 unspecified atom stereocenters. The number of nitrogens with zero attached hydrogens (tertiary/aromatic N) is 4. The predicted molar refractivity (Wildman–Crippen MR) is 80.5 cm³/mol. The van der Waals surface area contributed by atoms with Crippen LogP contribution < -0.4 is 0 Å². The molecule has 1 aliphatic heterocycles. The summed E-state index contributed by atoms with van der Waals surface area (Å²) < 4.78 is 39.2. The first-order valence-corrected chi connectivity index (χ1v) is 8.99. The lowest BCUT2D eigenvalue weighted by Crippen LogP contribution is -2.49. The molecule has 0 spiro atoms. The molecule has 2 rings (SSSR count). The van der Waals surface area contributed by atoms with Crippen molar-refractivity contribution in [3.8, 4) is 0 Å². The number of morpholine rings is 1. The van der Waals surface area contributed by atoms with Crippen molar-refractivity contribution < 1.29 is 17.6 Å². The Balaban J connectivity index is 2.14. The SMILES string of the molecule is CCN(CC)S(=O)(=O)N1CCOC(c2nnc(C(C)C)o2)C1. The van der Waals surface area contributed by atoms with E-state index < -0.39 is 16.3 Å². The van der Waals surface area contributed by atoms with Crippen LogP contribution in [0.2, 0.25) is 0 Å². The van der Waals surface area contributed by atoms with Crippen molar-refractivity contribution in [1.82, 2.24) is 18.8 Å². The van der Waals surface area contributed by atoms with Crippen LogP contribution in [0.25, 0.3) is 0 Å². The van der Waals surface area contributed by atoms with Gasteiger partial charge in [-0.1, -0.05) is 27.7 Å². The standard InChI is InChI=1S/C13H24N4O4S/c1-5-16(6-2)22(18,19)17-7-8-20-11(9-17)13-15-14-12(21-13)10(3)4/h10-11H,5-9H2,1-4H3. The molecular weight excluding hydrogens is 308 g/mol. The molecule has 1 aromatic rings. The van der Waals surface area contributed by atoms with E-state index in [0.29, 0.717) is 38.0 Å². The maximum atomic E-state index is 12.6. The van der Waals surface area contributed by atoms with Crippen molar-refractivity contribution in [3.05, 3.63) is 11.8 Å². The molecule has 0 radical (unpaired) electrons. The fraction of sp³-hybridized carbons (Fsp3) is 0.846. The lowest BCUT2D eigenvalue weighted by Gasteiger charge is -2.33. The number of ether oxygens (including phenoxy) is 1. The topological polar surface area (TPSA) is 88.8 Å². The average Bonchev–Trinajstić information content (AvgIpc) is 2.98. The number of aromatic nitrogens is 2. The van der Waals surface area contributed by atoms with Gasteiger partial charge >= 0.3 is 0 Å². The molecular formula is C13H24N4O4S. The summed E-state index contributed by atoms with van der Waals surface area (Å²) in [6.45, 7) is 9.28. The highest BCUT2D eigenvalue weighted by molar-refractivity contribution is 7.86. The zero-order chi connectivity index (χ0) is 16.3. The third kappa shape index (κ3) is 3.48. The third-order valence-corrected chi connectivity index (χ3v) is 5.77. The minimum atomic E-state index is -3.48. The van der Waals surface area contributed by atoms with Crippen molar-refractivity contribution in [2.75, 3.05) is 32.8 Å². The summed E-state index contributed by atoms with van der Waals surface area (Å²) in [6.07, 6.45) is -0.515. The largest absolute Gasteiger partial charge is 0.422 e. The molecule has 0 N–H and O–H groups in total. The minimum Gasteiger partial charge on any atom is -0.422 e. The van der Waals surface area contributed by atoms with E-state index in [2.05, 4.69) is 10.2 Å². The smallest absolute Gasteiger partial charge is 0.282 e. The normalized spacial score (nSPS) is 20.9. The molecule has 1 saturated heterocycles. The molecule has 1 aliphatic rings. The molecule has 9 heteroatoms. The third-order valence-electron chi connectivity index (χ3n) is 3.61. The summed E-state index contributed by atoms with van der Waals surface area (Å²) in [4.78, 5) is 0. The van der Waals surface area contributed by atoms with Gasteiger partial charge in [-0.3, -0.25) is 0 Å². The summed E-state index contributed by atoms with van der Waals surface area (Å²) in [5, 5.41) is 7.96. The molecule has 0 aliphatic carbocycles. The lowest BCUT2D eigenvalue weighted by atomic mass is 10.2. The van der Waals surface area contributed by atoms with Gasteiger partial charge in [0, 0.05) is 25.6 Å². The highest BCUT2D eigenvalue weighted by atomic mass is 32.2. The van der Waals surface area contributed by atoms with Crippen LogP contribution in [0.5, 0.6) is 0 Å². The van der Waals surface area contributed by atoms with Gasteiger partial charge in [0.2, 0.25) is 11.8 Å². The number of hydrogen-bond acceptors (Lipinski definition) is 6. The molecule has 2 heterocycles. The molecule has 1 atom stereocenters. The van der Waals surface area contributed by atoms with E-state index in [4.69, 9.17) is 9.15 Å². The zero-order valence-corrected chi connectivity index (χ0v) is 14.3. The van der Waals surface area contributed by atoms with Gasteiger partial charge < -0.3 is 9.15 Å². The summed E-state index contributed by atoms with van der Waals surface area (Å²) >= 11 is 0. The Labute approximate surface area is 131 Å². The Bertz CT molecular complexity index is 583. The van der Waals surface area contributed by atoms with Gasteiger partial charge in [-0.25, -0.2) is 0 Å². The Morgan fingerprint density at radius 1 is 1.32 bits per heavy atom. The van der Waals surface area contributed by atoms with Crippen molar-refractivity contribution in [1.29, 1.82) is 0 Å². The predicted octanol–water partition coefficient (Wildman–Crippen LogP) is 1.15. The van der Waals surface area contributed by atoms with Gasteiger partial charge in [0.05, 0.1) is 13.2 Å². The second kappa shape index (κ2) is 7.03. The second-order valence-corrected chi connectivity index (χ2v) is 7.37. The van der Waals surface area contributed by atoms with E-state index in [9.17, 15) is 8.42 Å². The fourth-order valence-electron chi connectivity index (χ4n) is 2.31. The average molecular weight is 332 g/mol. The molecule has 1 fully saturated rings. The molecule has 8 nitrogen and oxygen atoms in total. The first-order valence-electron chi connectivity index (χ1n) is 7.60. The maximum absolute atomic E-state index is 12.6.